The number of hydrogen-bond donors (Lipinski definition) is 2. The van der Waals surface area contributed by atoms with Gasteiger partial charge < -0.3 is 10.0 Å². The Morgan fingerprint density at radius 3 is 2.56 bits per heavy atom. The highest BCUT2D eigenvalue weighted by Crippen LogP contribution is 2.24. The molecule has 0 fully saturated rings. The van der Waals surface area contributed by atoms with Crippen molar-refractivity contribution in [2.75, 3.05) is 0 Å². The van der Waals surface area contributed by atoms with Gasteiger partial charge in [-0.25, -0.2) is 0 Å². The van der Waals surface area contributed by atoms with E-state index in [9.17, 15) is 10.0 Å². The van der Waals surface area contributed by atoms with Gasteiger partial charge in [0.1, 0.15) is 0 Å². The first-order valence-electron chi connectivity index (χ1n) is 5.49. The maximum Gasteiger partial charge on any atom is 0.488 e. The molecule has 2 aromatic rings. The zero-order valence-corrected chi connectivity index (χ0v) is 12.0. The van der Waals surface area contributed by atoms with Crippen LogP contribution in [0.15, 0.2) is 57.9 Å². The van der Waals surface area contributed by atoms with E-state index in [1.807, 2.05) is 42.5 Å². The summed E-state index contributed by atoms with van der Waals surface area (Å²) in [4.78, 5) is 1.15. The number of thioether (sulfide) groups is 1. The van der Waals surface area contributed by atoms with Crippen molar-refractivity contribution in [1.82, 2.24) is 0 Å². The minimum absolute atomic E-state index is 0.569. The lowest BCUT2D eigenvalue weighted by Gasteiger charge is -2.08. The normalized spacial score (nSPS) is 10.4. The van der Waals surface area contributed by atoms with Crippen molar-refractivity contribution in [1.29, 1.82) is 0 Å². The van der Waals surface area contributed by atoms with Crippen LogP contribution in [0, 0.1) is 0 Å². The Morgan fingerprint density at radius 1 is 1.06 bits per heavy atom. The second-order valence-corrected chi connectivity index (χ2v) is 5.78. The van der Waals surface area contributed by atoms with Gasteiger partial charge in [-0.2, -0.15) is 0 Å². The van der Waals surface area contributed by atoms with E-state index in [1.54, 1.807) is 17.8 Å². The highest BCUT2D eigenvalue weighted by Gasteiger charge is 2.14. The van der Waals surface area contributed by atoms with Gasteiger partial charge in [0.15, 0.2) is 0 Å². The van der Waals surface area contributed by atoms with E-state index in [4.69, 9.17) is 0 Å². The largest absolute Gasteiger partial charge is 0.488 e. The van der Waals surface area contributed by atoms with Crippen molar-refractivity contribution in [3.63, 3.8) is 0 Å². The fourth-order valence-electron chi connectivity index (χ4n) is 1.64. The van der Waals surface area contributed by atoms with E-state index < -0.39 is 7.12 Å². The maximum atomic E-state index is 9.28. The van der Waals surface area contributed by atoms with E-state index in [2.05, 4.69) is 15.9 Å². The first-order chi connectivity index (χ1) is 8.66. The third kappa shape index (κ3) is 3.62. The van der Waals surface area contributed by atoms with Gasteiger partial charge in [-0.3, -0.25) is 0 Å². The summed E-state index contributed by atoms with van der Waals surface area (Å²) >= 11 is 5.10. The topological polar surface area (TPSA) is 40.5 Å². The molecule has 92 valence electrons. The molecule has 0 aromatic heterocycles. The van der Waals surface area contributed by atoms with E-state index in [1.165, 1.54) is 0 Å². The van der Waals surface area contributed by atoms with Gasteiger partial charge in [-0.05, 0) is 29.2 Å². The van der Waals surface area contributed by atoms with E-state index in [0.29, 0.717) is 11.2 Å². The Bertz CT molecular complexity index is 534. The van der Waals surface area contributed by atoms with Crippen molar-refractivity contribution >= 4 is 40.3 Å². The number of benzene rings is 2. The molecular weight excluding hydrogens is 311 g/mol. The summed E-state index contributed by atoms with van der Waals surface area (Å²) < 4.78 is 1.04. The van der Waals surface area contributed by atoms with Crippen LogP contribution in [-0.4, -0.2) is 17.2 Å². The molecule has 0 aliphatic rings. The Hall–Kier alpha value is -0.745. The van der Waals surface area contributed by atoms with Gasteiger partial charge in [-0.1, -0.05) is 46.3 Å². The van der Waals surface area contributed by atoms with Gasteiger partial charge in [0.05, 0.1) is 0 Å². The van der Waals surface area contributed by atoms with Gasteiger partial charge in [-0.15, -0.1) is 11.8 Å². The van der Waals surface area contributed by atoms with Crippen LogP contribution in [0.4, 0.5) is 0 Å². The fourth-order valence-corrected chi connectivity index (χ4v) is 3.16. The Morgan fingerprint density at radius 2 is 1.83 bits per heavy atom. The van der Waals surface area contributed by atoms with Crippen LogP contribution in [0.1, 0.15) is 5.56 Å². The van der Waals surface area contributed by atoms with Crippen LogP contribution in [-0.2, 0) is 5.75 Å². The predicted molar refractivity (Wildman–Crippen MR) is 80.0 cm³/mol. The van der Waals surface area contributed by atoms with Gasteiger partial charge in [0.2, 0.25) is 0 Å². The molecule has 2 N–H and O–H groups in total. The molecule has 0 aliphatic carbocycles. The van der Waals surface area contributed by atoms with E-state index >= 15 is 0 Å². The Balaban J connectivity index is 2.11. The van der Waals surface area contributed by atoms with Gasteiger partial charge >= 0.3 is 7.12 Å². The van der Waals surface area contributed by atoms with Crippen LogP contribution < -0.4 is 5.46 Å². The fraction of sp³-hybridized carbons (Fsp3) is 0.0769. The lowest BCUT2D eigenvalue weighted by atomic mass is 9.77. The summed E-state index contributed by atoms with van der Waals surface area (Å²) in [6, 6.07) is 15.4. The van der Waals surface area contributed by atoms with Gasteiger partial charge in [0.25, 0.3) is 0 Å². The van der Waals surface area contributed by atoms with Crippen molar-refractivity contribution in [3.8, 4) is 0 Å². The van der Waals surface area contributed by atoms with Gasteiger partial charge in [0, 0.05) is 15.1 Å². The predicted octanol–water partition coefficient (Wildman–Crippen LogP) is 2.42. The highest BCUT2D eigenvalue weighted by molar-refractivity contribution is 9.10. The quantitative estimate of drug-likeness (QED) is 0.671. The van der Waals surface area contributed by atoms with E-state index in [-0.39, 0.29) is 0 Å². The van der Waals surface area contributed by atoms with Crippen LogP contribution in [0.25, 0.3) is 0 Å². The number of hydrogen-bond acceptors (Lipinski definition) is 3. The average Bonchev–Trinajstić information content (AvgIpc) is 2.37. The molecule has 0 unspecified atom stereocenters. The summed E-state index contributed by atoms with van der Waals surface area (Å²) in [6.45, 7) is 0. The number of rotatable bonds is 4. The summed E-state index contributed by atoms with van der Waals surface area (Å²) in [5.41, 5.74) is 1.51. The third-order valence-electron chi connectivity index (χ3n) is 2.52. The van der Waals surface area contributed by atoms with Crippen molar-refractivity contribution in [3.05, 3.63) is 58.6 Å². The van der Waals surface area contributed by atoms with Crippen molar-refractivity contribution in [2.24, 2.45) is 0 Å². The molecule has 0 atom stereocenters. The SMILES string of the molecule is OB(O)c1ccccc1CSc1cccc(Br)c1. The maximum absolute atomic E-state index is 9.28. The smallest absolute Gasteiger partial charge is 0.423 e. The lowest BCUT2D eigenvalue weighted by molar-refractivity contribution is 0.425. The average molecular weight is 323 g/mol. The van der Waals surface area contributed by atoms with Crippen LogP contribution in [0.2, 0.25) is 0 Å². The molecule has 0 spiro atoms. The minimum Gasteiger partial charge on any atom is -0.423 e. The standard InChI is InChI=1S/C13H12BBrO2S/c15-11-5-3-6-12(8-11)18-9-10-4-1-2-7-13(10)14(16)17/h1-8,16-17H,9H2. The molecule has 18 heavy (non-hydrogen) atoms. The monoisotopic (exact) mass is 322 g/mol. The van der Waals surface area contributed by atoms with Crippen LogP contribution in [0.3, 0.4) is 0 Å². The summed E-state index contributed by atoms with van der Waals surface area (Å²) in [6.07, 6.45) is 0. The molecule has 2 nitrogen and oxygen atoms in total. The summed E-state index contributed by atoms with van der Waals surface area (Å²) in [5.74, 6) is 0.713. The second kappa shape index (κ2) is 6.43. The molecule has 0 saturated carbocycles. The zero-order valence-electron chi connectivity index (χ0n) is 9.58. The molecule has 0 bridgehead atoms. The van der Waals surface area contributed by atoms with Crippen molar-refractivity contribution in [2.45, 2.75) is 10.6 Å². The van der Waals surface area contributed by atoms with Crippen LogP contribution in [0.5, 0.6) is 0 Å². The molecule has 2 aromatic carbocycles. The molecule has 0 heterocycles. The number of halogens is 1. The minimum atomic E-state index is -1.41. The molecule has 0 radical (unpaired) electrons. The van der Waals surface area contributed by atoms with Crippen molar-refractivity contribution < 1.29 is 10.0 Å². The molecular formula is C13H12BBrO2S. The highest BCUT2D eigenvalue weighted by atomic mass is 79.9. The zero-order chi connectivity index (χ0) is 13.0. The first kappa shape index (κ1) is 13.7. The summed E-state index contributed by atoms with van der Waals surface area (Å²) in [7, 11) is -1.41. The molecule has 0 amide bonds. The lowest BCUT2D eigenvalue weighted by Crippen LogP contribution is -2.32. The Kier molecular flexibility index (Phi) is 4.89. The second-order valence-electron chi connectivity index (χ2n) is 3.82. The molecule has 2 rings (SSSR count). The Labute approximate surface area is 119 Å². The van der Waals surface area contributed by atoms with Crippen LogP contribution >= 0.6 is 27.7 Å². The van der Waals surface area contributed by atoms with E-state index in [0.717, 1.165) is 14.9 Å². The summed E-state index contributed by atoms with van der Waals surface area (Å²) in [5, 5.41) is 18.6. The molecule has 0 saturated heterocycles. The first-order valence-corrected chi connectivity index (χ1v) is 7.27. The molecule has 0 aliphatic heterocycles. The third-order valence-corrected chi connectivity index (χ3v) is 4.06. The molecule has 5 heteroatoms.